The van der Waals surface area contributed by atoms with Gasteiger partial charge in [-0.25, -0.2) is 24.1 Å². The van der Waals surface area contributed by atoms with Gasteiger partial charge in [-0.2, -0.15) is 5.26 Å². The monoisotopic (exact) mass is 527 g/mol. The molecule has 9 nitrogen and oxygen atoms in total. The zero-order valence-corrected chi connectivity index (χ0v) is 22.6. The molecule has 0 spiro atoms. The Morgan fingerprint density at radius 1 is 1.15 bits per heavy atom. The van der Waals surface area contributed by atoms with Crippen LogP contribution in [0.5, 0.6) is 0 Å². The fraction of sp³-hybridized carbons (Fsp3) is 0.345. The van der Waals surface area contributed by atoms with Gasteiger partial charge in [0.1, 0.15) is 29.4 Å². The summed E-state index contributed by atoms with van der Waals surface area (Å²) in [5.41, 5.74) is 2.13. The summed E-state index contributed by atoms with van der Waals surface area (Å²) in [6.07, 6.45) is 2.93. The Labute approximate surface area is 226 Å². The number of aryl methyl sites for hydroxylation is 1. The van der Waals surface area contributed by atoms with Crippen LogP contribution >= 0.6 is 0 Å². The Bertz CT molecular complexity index is 1600. The molecule has 10 heteroatoms. The number of nitrogens with zero attached hydrogens (tertiary/aromatic N) is 7. The summed E-state index contributed by atoms with van der Waals surface area (Å²) in [4.78, 5) is 30.4. The number of hydrogen-bond acceptors (Lipinski definition) is 7. The minimum atomic E-state index is -0.580. The van der Waals surface area contributed by atoms with Crippen molar-refractivity contribution in [2.24, 2.45) is 0 Å². The number of piperazine rings is 1. The van der Waals surface area contributed by atoms with Gasteiger partial charge < -0.3 is 14.5 Å². The Morgan fingerprint density at radius 2 is 1.92 bits per heavy atom. The highest BCUT2D eigenvalue weighted by Gasteiger charge is 2.32. The lowest BCUT2D eigenvalue weighted by Crippen LogP contribution is -2.54. The van der Waals surface area contributed by atoms with Crippen LogP contribution in [-0.2, 0) is 4.74 Å². The van der Waals surface area contributed by atoms with Gasteiger partial charge in [0.05, 0.1) is 17.0 Å². The highest BCUT2D eigenvalue weighted by molar-refractivity contribution is 6.02. The number of ether oxygens (including phenoxy) is 1. The van der Waals surface area contributed by atoms with Crippen molar-refractivity contribution in [1.82, 2.24) is 24.4 Å². The first-order valence-electron chi connectivity index (χ1n) is 12.8. The fourth-order valence-corrected chi connectivity index (χ4v) is 4.93. The van der Waals surface area contributed by atoms with Gasteiger partial charge in [-0.1, -0.05) is 18.2 Å². The van der Waals surface area contributed by atoms with Crippen molar-refractivity contribution in [2.45, 2.75) is 46.3 Å². The van der Waals surface area contributed by atoms with Gasteiger partial charge >= 0.3 is 6.09 Å². The van der Waals surface area contributed by atoms with Gasteiger partial charge in [0.15, 0.2) is 5.65 Å². The largest absolute Gasteiger partial charge is 0.444 e. The molecule has 1 fully saturated rings. The van der Waals surface area contributed by atoms with E-state index in [4.69, 9.17) is 4.74 Å². The van der Waals surface area contributed by atoms with Crippen LogP contribution in [0.2, 0.25) is 0 Å². The van der Waals surface area contributed by atoms with Gasteiger partial charge in [-0.05, 0) is 52.8 Å². The van der Waals surface area contributed by atoms with E-state index in [2.05, 4.69) is 25.9 Å². The molecule has 5 rings (SSSR count). The lowest BCUT2D eigenvalue weighted by Gasteiger charge is -2.41. The SMILES string of the molecule is Cc1cc(C#N)cc(-n2cc(-c3ccccc3F)c3c(N4CCN(C(=O)OC(C)(C)C)CC4C)ncnc32)n1. The molecule has 1 saturated heterocycles. The van der Waals surface area contributed by atoms with Crippen LogP contribution < -0.4 is 4.90 Å². The van der Waals surface area contributed by atoms with Crippen molar-refractivity contribution in [3.63, 3.8) is 0 Å². The maximum Gasteiger partial charge on any atom is 0.410 e. The molecule has 0 N–H and O–H groups in total. The normalized spacial score (nSPS) is 15.9. The van der Waals surface area contributed by atoms with Crippen molar-refractivity contribution in [2.75, 3.05) is 24.5 Å². The Kier molecular flexibility index (Phi) is 6.68. The molecule has 1 aliphatic rings. The summed E-state index contributed by atoms with van der Waals surface area (Å²) in [5.74, 6) is 0.775. The zero-order valence-electron chi connectivity index (χ0n) is 22.6. The predicted molar refractivity (Wildman–Crippen MR) is 146 cm³/mol. The van der Waals surface area contributed by atoms with E-state index in [-0.39, 0.29) is 18.0 Å². The molecule has 3 aromatic heterocycles. The molecule has 200 valence electrons. The van der Waals surface area contributed by atoms with Gasteiger partial charge in [-0.3, -0.25) is 4.57 Å². The number of anilines is 1. The van der Waals surface area contributed by atoms with E-state index in [1.807, 2.05) is 34.6 Å². The molecule has 4 heterocycles. The number of carbonyl (C=O) groups is 1. The van der Waals surface area contributed by atoms with E-state index < -0.39 is 5.60 Å². The fourth-order valence-electron chi connectivity index (χ4n) is 4.93. The first kappa shape index (κ1) is 26.1. The second-order valence-electron chi connectivity index (χ2n) is 10.7. The standard InChI is InChI=1S/C29H30FN7O2/c1-18-12-20(14-31)13-24(34-18)37-16-22(21-8-6-7-9-23(21)30)25-26(32-17-33-27(25)37)36-11-10-35(15-19(36)2)28(38)39-29(3,4)5/h6-9,12-13,16-17,19H,10-11,15H2,1-5H3. The molecule has 1 amide bonds. The molecule has 4 aromatic rings. The van der Waals surface area contributed by atoms with Crippen molar-refractivity contribution >= 4 is 22.9 Å². The maximum atomic E-state index is 15.1. The molecular formula is C29H30FN7O2. The van der Waals surface area contributed by atoms with E-state index in [1.54, 1.807) is 46.0 Å². The Balaban J connectivity index is 1.63. The van der Waals surface area contributed by atoms with Crippen LogP contribution in [0.25, 0.3) is 28.0 Å². The molecule has 39 heavy (non-hydrogen) atoms. The van der Waals surface area contributed by atoms with Crippen molar-refractivity contribution in [3.05, 3.63) is 66.0 Å². The molecular weight excluding hydrogens is 497 g/mol. The summed E-state index contributed by atoms with van der Waals surface area (Å²) < 4.78 is 22.5. The van der Waals surface area contributed by atoms with Crippen molar-refractivity contribution in [1.29, 1.82) is 5.26 Å². The highest BCUT2D eigenvalue weighted by Crippen LogP contribution is 2.38. The van der Waals surface area contributed by atoms with Gasteiger partial charge in [-0.15, -0.1) is 0 Å². The number of nitriles is 1. The van der Waals surface area contributed by atoms with E-state index in [1.165, 1.54) is 12.4 Å². The maximum absolute atomic E-state index is 15.1. The quantitative estimate of drug-likeness (QED) is 0.359. The smallest absolute Gasteiger partial charge is 0.410 e. The minimum Gasteiger partial charge on any atom is -0.444 e. The van der Waals surface area contributed by atoms with Gasteiger partial charge in [0.2, 0.25) is 0 Å². The van der Waals surface area contributed by atoms with Crippen molar-refractivity contribution < 1.29 is 13.9 Å². The second-order valence-corrected chi connectivity index (χ2v) is 10.7. The topological polar surface area (TPSA) is 100 Å². The summed E-state index contributed by atoms with van der Waals surface area (Å²) in [6, 6.07) is 12.0. The summed E-state index contributed by atoms with van der Waals surface area (Å²) in [7, 11) is 0. The summed E-state index contributed by atoms with van der Waals surface area (Å²) in [5, 5.41) is 10.2. The average molecular weight is 528 g/mol. The van der Waals surface area contributed by atoms with Gasteiger partial charge in [0, 0.05) is 48.7 Å². The third-order valence-electron chi connectivity index (χ3n) is 6.59. The van der Waals surface area contributed by atoms with E-state index in [0.29, 0.717) is 64.7 Å². The number of amides is 1. The number of carbonyl (C=O) groups excluding carboxylic acids is 1. The van der Waals surface area contributed by atoms with Crippen molar-refractivity contribution in [3.8, 4) is 23.0 Å². The molecule has 1 aromatic carbocycles. The lowest BCUT2D eigenvalue weighted by atomic mass is 10.0. The number of aromatic nitrogens is 4. The molecule has 0 bridgehead atoms. The second kappa shape index (κ2) is 9.98. The third kappa shape index (κ3) is 5.12. The number of pyridine rings is 1. The van der Waals surface area contributed by atoms with E-state index in [0.717, 1.165) is 0 Å². The number of benzene rings is 1. The van der Waals surface area contributed by atoms with Crippen LogP contribution in [0.1, 0.15) is 39.0 Å². The molecule has 1 atom stereocenters. The van der Waals surface area contributed by atoms with Crippen LogP contribution in [-0.4, -0.2) is 61.8 Å². The van der Waals surface area contributed by atoms with Crippen LogP contribution in [0.4, 0.5) is 15.0 Å². The van der Waals surface area contributed by atoms with E-state index in [9.17, 15) is 10.1 Å². The minimum absolute atomic E-state index is 0.0940. The molecule has 1 unspecified atom stereocenters. The van der Waals surface area contributed by atoms with Crippen LogP contribution in [0.15, 0.2) is 48.9 Å². The Morgan fingerprint density at radius 3 is 2.62 bits per heavy atom. The van der Waals surface area contributed by atoms with Crippen LogP contribution in [0, 0.1) is 24.1 Å². The number of rotatable bonds is 3. The average Bonchev–Trinajstić information content (AvgIpc) is 3.27. The predicted octanol–water partition coefficient (Wildman–Crippen LogP) is 5.25. The zero-order chi connectivity index (χ0) is 27.9. The number of halogens is 1. The first-order valence-corrected chi connectivity index (χ1v) is 12.8. The number of hydrogen-bond donors (Lipinski definition) is 0. The molecule has 0 saturated carbocycles. The highest BCUT2D eigenvalue weighted by atomic mass is 19.1. The molecule has 0 radical (unpaired) electrons. The first-order chi connectivity index (χ1) is 18.6. The van der Waals surface area contributed by atoms with Crippen LogP contribution in [0.3, 0.4) is 0 Å². The summed E-state index contributed by atoms with van der Waals surface area (Å²) in [6.45, 7) is 10.8. The third-order valence-corrected chi connectivity index (χ3v) is 6.59. The van der Waals surface area contributed by atoms with Gasteiger partial charge in [0.25, 0.3) is 0 Å². The van der Waals surface area contributed by atoms with E-state index >= 15 is 4.39 Å². The summed E-state index contributed by atoms with van der Waals surface area (Å²) >= 11 is 0. The number of fused-ring (bicyclic) bond motifs is 1. The molecule has 0 aliphatic carbocycles. The lowest BCUT2D eigenvalue weighted by molar-refractivity contribution is 0.0218. The molecule has 1 aliphatic heterocycles. The Hall–Kier alpha value is -4.52.